The zero-order valence-corrected chi connectivity index (χ0v) is 18.9. The smallest absolute Gasteiger partial charge is 0.145 e. The third kappa shape index (κ3) is 5.32. The summed E-state index contributed by atoms with van der Waals surface area (Å²) in [4.78, 5) is 8.82. The van der Waals surface area contributed by atoms with Gasteiger partial charge in [-0.3, -0.25) is 0 Å². The molecule has 1 heterocycles. The highest BCUT2D eigenvalue weighted by Gasteiger charge is 2.15. The van der Waals surface area contributed by atoms with Gasteiger partial charge in [0.1, 0.15) is 35.0 Å². The van der Waals surface area contributed by atoms with Crippen LogP contribution < -0.4 is 14.8 Å². The molecule has 0 aliphatic rings. The Labute approximate surface area is 188 Å². The Morgan fingerprint density at radius 3 is 2.59 bits per heavy atom. The topological polar surface area (TPSA) is 56.3 Å². The molecule has 0 amide bonds. The first-order chi connectivity index (χ1) is 15.5. The van der Waals surface area contributed by atoms with Crippen LogP contribution in [0.2, 0.25) is 0 Å². The van der Waals surface area contributed by atoms with E-state index in [0.717, 1.165) is 28.5 Å². The van der Waals surface area contributed by atoms with Crippen LogP contribution in [0.1, 0.15) is 20.3 Å². The van der Waals surface area contributed by atoms with Crippen LogP contribution in [0.5, 0.6) is 11.5 Å². The largest absolute Gasteiger partial charge is 0.496 e. The number of allylic oxidation sites excluding steroid dienone is 3. The number of fused-ring (bicyclic) bond motifs is 1. The number of anilines is 1. The van der Waals surface area contributed by atoms with Gasteiger partial charge in [-0.1, -0.05) is 37.3 Å². The molecule has 6 heteroatoms. The van der Waals surface area contributed by atoms with Gasteiger partial charge in [0, 0.05) is 23.6 Å². The standard InChI is InChI=1S/C26H28FN3O2/c1-6-7-17(2)8-9-18(3)15-28-26-22-12-19(13-24(32-5)25(22)29-16-30-26)21-11-10-20(27)14-23(21)31-4/h7-14,16H,3,6,15H2,1-2,4-5H3,(H,28,29,30)/b9-8-,17-7+. The van der Waals surface area contributed by atoms with Crippen molar-refractivity contribution in [2.45, 2.75) is 20.3 Å². The number of methoxy groups -OCH3 is 2. The number of aromatic nitrogens is 2. The molecule has 3 rings (SSSR count). The van der Waals surface area contributed by atoms with Crippen LogP contribution in [0, 0.1) is 5.82 Å². The van der Waals surface area contributed by atoms with Crippen LogP contribution >= 0.6 is 0 Å². The van der Waals surface area contributed by atoms with E-state index in [1.807, 2.05) is 24.3 Å². The van der Waals surface area contributed by atoms with Crippen molar-refractivity contribution in [2.24, 2.45) is 0 Å². The summed E-state index contributed by atoms with van der Waals surface area (Å²) < 4.78 is 24.7. The van der Waals surface area contributed by atoms with Gasteiger partial charge in [-0.2, -0.15) is 0 Å². The molecule has 0 saturated carbocycles. The SMILES string of the molecule is C=C(/C=C\C(C)=C\CC)CNc1ncnc2c(OC)cc(-c3ccc(F)cc3OC)cc12. The lowest BCUT2D eigenvalue weighted by molar-refractivity contribution is 0.412. The maximum Gasteiger partial charge on any atom is 0.145 e. The van der Waals surface area contributed by atoms with Gasteiger partial charge in [0.2, 0.25) is 0 Å². The maximum absolute atomic E-state index is 13.7. The van der Waals surface area contributed by atoms with Crippen LogP contribution in [0.15, 0.2) is 72.6 Å². The van der Waals surface area contributed by atoms with Gasteiger partial charge in [-0.25, -0.2) is 14.4 Å². The van der Waals surface area contributed by atoms with Gasteiger partial charge in [0.25, 0.3) is 0 Å². The lowest BCUT2D eigenvalue weighted by Gasteiger charge is -2.14. The van der Waals surface area contributed by atoms with Crippen LogP contribution in [-0.2, 0) is 0 Å². The number of halogens is 1. The molecule has 0 radical (unpaired) electrons. The lowest BCUT2D eigenvalue weighted by Crippen LogP contribution is -2.06. The van der Waals surface area contributed by atoms with E-state index in [4.69, 9.17) is 9.47 Å². The Morgan fingerprint density at radius 2 is 1.88 bits per heavy atom. The molecule has 3 aromatic rings. The molecule has 2 aromatic carbocycles. The fourth-order valence-corrected chi connectivity index (χ4v) is 3.39. The monoisotopic (exact) mass is 433 g/mol. The first-order valence-electron chi connectivity index (χ1n) is 10.4. The van der Waals surface area contributed by atoms with E-state index in [-0.39, 0.29) is 5.82 Å². The van der Waals surface area contributed by atoms with Crippen LogP contribution in [0.4, 0.5) is 10.2 Å². The quantitative estimate of drug-likeness (QED) is 0.399. The average Bonchev–Trinajstić information content (AvgIpc) is 2.80. The van der Waals surface area contributed by atoms with Gasteiger partial charge in [-0.05, 0) is 48.7 Å². The minimum absolute atomic E-state index is 0.361. The molecule has 0 saturated heterocycles. The fraction of sp³-hybridized carbons (Fsp3) is 0.231. The molecule has 0 bridgehead atoms. The number of hydrogen-bond acceptors (Lipinski definition) is 5. The van der Waals surface area contributed by atoms with E-state index < -0.39 is 0 Å². The Morgan fingerprint density at radius 1 is 1.09 bits per heavy atom. The maximum atomic E-state index is 13.7. The Kier molecular flexibility index (Phi) is 7.60. The third-order valence-electron chi connectivity index (χ3n) is 4.99. The van der Waals surface area contributed by atoms with Gasteiger partial charge >= 0.3 is 0 Å². The van der Waals surface area contributed by atoms with Crippen molar-refractivity contribution >= 4 is 16.7 Å². The first-order valence-corrected chi connectivity index (χ1v) is 10.4. The second-order valence-corrected chi connectivity index (χ2v) is 7.34. The number of hydrogen-bond donors (Lipinski definition) is 1. The summed E-state index contributed by atoms with van der Waals surface area (Å²) >= 11 is 0. The molecule has 1 aromatic heterocycles. The summed E-state index contributed by atoms with van der Waals surface area (Å²) in [5.41, 5.74) is 4.35. The second kappa shape index (κ2) is 10.6. The Hall–Kier alpha value is -3.67. The van der Waals surface area contributed by atoms with Crippen molar-refractivity contribution in [3.63, 3.8) is 0 Å². The van der Waals surface area contributed by atoms with E-state index >= 15 is 0 Å². The van der Waals surface area contributed by atoms with E-state index in [1.165, 1.54) is 31.1 Å². The zero-order valence-electron chi connectivity index (χ0n) is 18.9. The molecule has 1 N–H and O–H groups in total. The summed E-state index contributed by atoms with van der Waals surface area (Å²) in [5.74, 6) is 1.33. The molecule has 0 spiro atoms. The van der Waals surface area contributed by atoms with Gasteiger partial charge < -0.3 is 14.8 Å². The minimum Gasteiger partial charge on any atom is -0.496 e. The van der Waals surface area contributed by atoms with E-state index in [9.17, 15) is 4.39 Å². The second-order valence-electron chi connectivity index (χ2n) is 7.34. The van der Waals surface area contributed by atoms with Crippen molar-refractivity contribution in [3.8, 4) is 22.6 Å². The minimum atomic E-state index is -0.361. The molecule has 166 valence electrons. The number of nitrogens with zero attached hydrogens (tertiary/aromatic N) is 2. The van der Waals surface area contributed by atoms with Crippen LogP contribution in [0.3, 0.4) is 0 Å². The Bertz CT molecular complexity index is 1190. The van der Waals surface area contributed by atoms with Crippen molar-refractivity contribution in [3.05, 3.63) is 78.4 Å². The van der Waals surface area contributed by atoms with Crippen molar-refractivity contribution < 1.29 is 13.9 Å². The lowest BCUT2D eigenvalue weighted by atomic mass is 10.0. The van der Waals surface area contributed by atoms with Crippen LogP contribution in [0.25, 0.3) is 22.0 Å². The highest BCUT2D eigenvalue weighted by Crippen LogP contribution is 2.37. The molecule has 32 heavy (non-hydrogen) atoms. The number of benzene rings is 2. The fourth-order valence-electron chi connectivity index (χ4n) is 3.39. The molecular weight excluding hydrogens is 405 g/mol. The molecule has 0 unspecified atom stereocenters. The zero-order chi connectivity index (χ0) is 23.1. The predicted molar refractivity (Wildman–Crippen MR) is 129 cm³/mol. The highest BCUT2D eigenvalue weighted by atomic mass is 19.1. The van der Waals surface area contributed by atoms with Gasteiger partial charge in [0.15, 0.2) is 0 Å². The number of nitrogens with one attached hydrogen (secondary N) is 1. The molecule has 0 fully saturated rings. The average molecular weight is 434 g/mol. The molecule has 0 aliphatic carbocycles. The highest BCUT2D eigenvalue weighted by molar-refractivity contribution is 5.97. The number of ether oxygens (including phenoxy) is 2. The van der Waals surface area contributed by atoms with Crippen molar-refractivity contribution in [1.82, 2.24) is 9.97 Å². The van der Waals surface area contributed by atoms with Crippen molar-refractivity contribution in [2.75, 3.05) is 26.1 Å². The molecule has 5 nitrogen and oxygen atoms in total. The molecular formula is C26H28FN3O2. The summed E-state index contributed by atoms with van der Waals surface area (Å²) in [6.07, 6.45) is 8.70. The van der Waals surface area contributed by atoms with E-state index in [2.05, 4.69) is 41.8 Å². The van der Waals surface area contributed by atoms with Gasteiger partial charge in [0.05, 0.1) is 14.2 Å². The van der Waals surface area contributed by atoms with E-state index in [1.54, 1.807) is 13.2 Å². The summed E-state index contributed by atoms with van der Waals surface area (Å²) in [5, 5.41) is 4.13. The van der Waals surface area contributed by atoms with Crippen LogP contribution in [-0.4, -0.2) is 30.7 Å². The number of rotatable bonds is 9. The van der Waals surface area contributed by atoms with E-state index in [0.29, 0.717) is 29.4 Å². The Balaban J connectivity index is 1.98. The molecule has 0 atom stereocenters. The van der Waals surface area contributed by atoms with Gasteiger partial charge in [-0.15, -0.1) is 0 Å². The van der Waals surface area contributed by atoms with Crippen molar-refractivity contribution in [1.29, 1.82) is 0 Å². The summed E-state index contributed by atoms with van der Waals surface area (Å²) in [6, 6.07) is 8.25. The summed E-state index contributed by atoms with van der Waals surface area (Å²) in [6.45, 7) is 8.81. The first kappa shape index (κ1) is 23.0. The normalized spacial score (nSPS) is 11.7. The predicted octanol–water partition coefficient (Wildman–Crippen LogP) is 6.33. The summed E-state index contributed by atoms with van der Waals surface area (Å²) in [7, 11) is 3.11. The third-order valence-corrected chi connectivity index (χ3v) is 4.99. The molecule has 0 aliphatic heterocycles.